The van der Waals surface area contributed by atoms with E-state index >= 15 is 0 Å². The Kier molecular flexibility index (Phi) is 5.14. The molecule has 3 N–H and O–H groups in total. The lowest BCUT2D eigenvalue weighted by molar-refractivity contribution is -0.120. The minimum absolute atomic E-state index is 0.0724. The van der Waals surface area contributed by atoms with Crippen molar-refractivity contribution in [2.45, 2.75) is 38.6 Å². The van der Waals surface area contributed by atoms with E-state index in [0.29, 0.717) is 10.6 Å². The van der Waals surface area contributed by atoms with Crippen LogP contribution in [0.3, 0.4) is 0 Å². The number of hydrogen-bond donors (Lipinski definition) is 2. The number of carbonyl (C=O) groups excluding carboxylic acids is 2. The molecule has 5 nitrogen and oxygen atoms in total. The van der Waals surface area contributed by atoms with Crippen molar-refractivity contribution in [2.75, 3.05) is 18.4 Å². The number of carbonyl (C=O) groups is 2. The van der Waals surface area contributed by atoms with E-state index in [1.165, 1.54) is 24.2 Å². The van der Waals surface area contributed by atoms with Crippen molar-refractivity contribution in [3.63, 3.8) is 0 Å². The first-order valence-electron chi connectivity index (χ1n) is 7.02. The average Bonchev–Trinajstić information content (AvgIpc) is 2.72. The number of primary amides is 1. The predicted molar refractivity (Wildman–Crippen MR) is 81.0 cm³/mol. The monoisotopic (exact) mass is 295 g/mol. The second kappa shape index (κ2) is 6.85. The van der Waals surface area contributed by atoms with Crippen molar-refractivity contribution < 1.29 is 9.59 Å². The Bertz CT molecular complexity index is 479. The van der Waals surface area contributed by atoms with Crippen LogP contribution < -0.4 is 11.1 Å². The van der Waals surface area contributed by atoms with Gasteiger partial charge >= 0.3 is 0 Å². The summed E-state index contributed by atoms with van der Waals surface area (Å²) in [6.07, 6.45) is 4.76. The fraction of sp³-hybridized carbons (Fsp3) is 0.571. The molecule has 2 heterocycles. The summed E-state index contributed by atoms with van der Waals surface area (Å²) in [6, 6.07) is 1.45. The molecule has 0 unspecified atom stereocenters. The van der Waals surface area contributed by atoms with Gasteiger partial charge in [-0.1, -0.05) is 12.8 Å². The van der Waals surface area contributed by atoms with Gasteiger partial charge in [-0.2, -0.15) is 0 Å². The summed E-state index contributed by atoms with van der Waals surface area (Å²) in [4.78, 5) is 25.8. The fourth-order valence-electron chi connectivity index (χ4n) is 2.46. The minimum atomic E-state index is -0.510. The van der Waals surface area contributed by atoms with Crippen LogP contribution in [0.5, 0.6) is 0 Å². The average molecular weight is 295 g/mol. The Morgan fingerprint density at radius 3 is 2.55 bits per heavy atom. The molecule has 0 saturated carbocycles. The molecular weight excluding hydrogens is 274 g/mol. The molecule has 1 fully saturated rings. The number of rotatable bonds is 4. The van der Waals surface area contributed by atoms with Crippen molar-refractivity contribution in [1.82, 2.24) is 4.90 Å². The number of nitrogens with two attached hydrogens (primary N) is 1. The van der Waals surface area contributed by atoms with Crippen LogP contribution in [0.2, 0.25) is 0 Å². The van der Waals surface area contributed by atoms with Gasteiger partial charge in [0.2, 0.25) is 5.91 Å². The molecule has 1 aromatic heterocycles. The molecule has 20 heavy (non-hydrogen) atoms. The topological polar surface area (TPSA) is 75.4 Å². The van der Waals surface area contributed by atoms with Crippen LogP contribution in [0.4, 0.5) is 5.00 Å². The van der Waals surface area contributed by atoms with Crippen molar-refractivity contribution in [3.05, 3.63) is 17.0 Å². The van der Waals surface area contributed by atoms with Crippen molar-refractivity contribution >= 4 is 28.2 Å². The lowest BCUT2D eigenvalue weighted by Gasteiger charge is -2.26. The molecule has 0 aliphatic carbocycles. The summed E-state index contributed by atoms with van der Waals surface area (Å²) in [5, 5.41) is 5.13. The lowest BCUT2D eigenvalue weighted by atomic mass is 10.2. The van der Waals surface area contributed by atoms with E-state index in [9.17, 15) is 9.59 Å². The molecule has 0 bridgehead atoms. The Morgan fingerprint density at radius 1 is 1.30 bits per heavy atom. The first-order valence-corrected chi connectivity index (χ1v) is 7.90. The number of hydrogen-bond acceptors (Lipinski definition) is 4. The molecule has 0 radical (unpaired) electrons. The SMILES string of the molecule is C[C@H](C(=O)Nc1sccc1C(N)=O)N1CCCCCC1. The largest absolute Gasteiger partial charge is 0.366 e. The molecule has 2 amide bonds. The predicted octanol–water partition coefficient (Wildman–Crippen LogP) is 2.05. The van der Waals surface area contributed by atoms with Crippen molar-refractivity contribution in [1.29, 1.82) is 0 Å². The van der Waals surface area contributed by atoms with Gasteiger partial charge < -0.3 is 11.1 Å². The molecule has 1 aromatic rings. The van der Waals surface area contributed by atoms with Crippen LogP contribution in [-0.2, 0) is 4.79 Å². The van der Waals surface area contributed by atoms with Crippen LogP contribution in [0.15, 0.2) is 11.4 Å². The number of nitrogens with one attached hydrogen (secondary N) is 1. The smallest absolute Gasteiger partial charge is 0.251 e. The minimum Gasteiger partial charge on any atom is -0.366 e. The first kappa shape index (κ1) is 15.0. The number of nitrogens with zero attached hydrogens (tertiary/aromatic N) is 1. The van der Waals surface area contributed by atoms with Crippen LogP contribution in [0.25, 0.3) is 0 Å². The zero-order valence-electron chi connectivity index (χ0n) is 11.7. The number of anilines is 1. The number of amides is 2. The maximum absolute atomic E-state index is 12.3. The highest BCUT2D eigenvalue weighted by atomic mass is 32.1. The Hall–Kier alpha value is -1.40. The van der Waals surface area contributed by atoms with Gasteiger partial charge in [0.1, 0.15) is 5.00 Å². The van der Waals surface area contributed by atoms with Gasteiger partial charge in [-0.15, -0.1) is 11.3 Å². The maximum atomic E-state index is 12.3. The van der Waals surface area contributed by atoms with Gasteiger partial charge in [0.15, 0.2) is 0 Å². The lowest BCUT2D eigenvalue weighted by Crippen LogP contribution is -2.42. The molecule has 0 aromatic carbocycles. The first-order chi connectivity index (χ1) is 9.59. The molecule has 0 spiro atoms. The molecule has 2 rings (SSSR count). The van der Waals surface area contributed by atoms with Gasteiger partial charge in [-0.05, 0) is 44.3 Å². The van der Waals surface area contributed by atoms with E-state index in [1.54, 1.807) is 11.4 Å². The molecule has 1 saturated heterocycles. The van der Waals surface area contributed by atoms with E-state index in [2.05, 4.69) is 10.2 Å². The molecule has 1 aliphatic rings. The quantitative estimate of drug-likeness (QED) is 0.892. The molecule has 110 valence electrons. The molecule has 6 heteroatoms. The Morgan fingerprint density at radius 2 is 1.95 bits per heavy atom. The van der Waals surface area contributed by atoms with Crippen LogP contribution in [0, 0.1) is 0 Å². The van der Waals surface area contributed by atoms with Crippen LogP contribution >= 0.6 is 11.3 Å². The van der Waals surface area contributed by atoms with E-state index in [1.807, 2.05) is 6.92 Å². The highest BCUT2D eigenvalue weighted by Crippen LogP contribution is 2.23. The van der Waals surface area contributed by atoms with Gasteiger partial charge in [0, 0.05) is 0 Å². The zero-order chi connectivity index (χ0) is 14.5. The highest BCUT2D eigenvalue weighted by molar-refractivity contribution is 7.14. The van der Waals surface area contributed by atoms with Gasteiger partial charge in [0.05, 0.1) is 11.6 Å². The summed E-state index contributed by atoms with van der Waals surface area (Å²) in [6.45, 7) is 3.83. The van der Waals surface area contributed by atoms with E-state index < -0.39 is 5.91 Å². The third-order valence-corrected chi connectivity index (χ3v) is 4.57. The summed E-state index contributed by atoms with van der Waals surface area (Å²) in [5.41, 5.74) is 5.66. The van der Waals surface area contributed by atoms with Gasteiger partial charge in [0.25, 0.3) is 5.91 Å². The molecule has 1 atom stereocenters. The number of thiophene rings is 1. The van der Waals surface area contributed by atoms with E-state index in [-0.39, 0.29) is 11.9 Å². The van der Waals surface area contributed by atoms with E-state index in [4.69, 9.17) is 5.73 Å². The molecular formula is C14H21N3O2S. The van der Waals surface area contributed by atoms with Crippen LogP contribution in [-0.4, -0.2) is 35.8 Å². The summed E-state index contributed by atoms with van der Waals surface area (Å²) in [5.74, 6) is -0.583. The normalized spacial score (nSPS) is 18.2. The highest BCUT2D eigenvalue weighted by Gasteiger charge is 2.23. The third-order valence-electron chi connectivity index (χ3n) is 3.74. The summed E-state index contributed by atoms with van der Waals surface area (Å²) in [7, 11) is 0. The second-order valence-corrected chi connectivity index (χ2v) is 6.06. The summed E-state index contributed by atoms with van der Waals surface area (Å²) < 4.78 is 0. The second-order valence-electron chi connectivity index (χ2n) is 5.14. The van der Waals surface area contributed by atoms with Gasteiger partial charge in [-0.3, -0.25) is 14.5 Å². The fourth-order valence-corrected chi connectivity index (χ4v) is 3.26. The van der Waals surface area contributed by atoms with Crippen molar-refractivity contribution in [3.8, 4) is 0 Å². The summed E-state index contributed by atoms with van der Waals surface area (Å²) >= 11 is 1.32. The maximum Gasteiger partial charge on any atom is 0.251 e. The van der Waals surface area contributed by atoms with Crippen LogP contribution in [0.1, 0.15) is 43.0 Å². The molecule has 1 aliphatic heterocycles. The Balaban J connectivity index is 1.99. The Labute approximate surface area is 123 Å². The van der Waals surface area contributed by atoms with Crippen molar-refractivity contribution in [2.24, 2.45) is 5.73 Å². The third kappa shape index (κ3) is 3.58. The number of likely N-dealkylation sites (tertiary alicyclic amines) is 1. The van der Waals surface area contributed by atoms with Gasteiger partial charge in [-0.25, -0.2) is 0 Å². The zero-order valence-corrected chi connectivity index (χ0v) is 12.5. The standard InChI is InChI=1S/C14H21N3O2S/c1-10(17-7-4-2-3-5-8-17)13(19)16-14-11(12(15)18)6-9-20-14/h6,9-10H,2-5,7-8H2,1H3,(H2,15,18)(H,16,19)/t10-/m1/s1. The van der Waals surface area contributed by atoms with E-state index in [0.717, 1.165) is 25.9 Å².